The Hall–Kier alpha value is -0.990. The number of hydrogen-bond acceptors (Lipinski definition) is 6. The molecule has 2 fully saturated rings. The van der Waals surface area contributed by atoms with Crippen molar-refractivity contribution in [2.24, 2.45) is 0 Å². The summed E-state index contributed by atoms with van der Waals surface area (Å²) in [6, 6.07) is 8.84. The first-order valence-corrected chi connectivity index (χ1v) is 7.91. The molecular weight excluding hydrogens is 356 g/mol. The summed E-state index contributed by atoms with van der Waals surface area (Å²) in [5, 5.41) is 31.7. The molecule has 0 aliphatic carbocycles. The van der Waals surface area contributed by atoms with Gasteiger partial charge >= 0.3 is 5.97 Å². The topological polar surface area (TPSA) is 96.2 Å². The van der Waals surface area contributed by atoms with Crippen LogP contribution in [0, 0.1) is 0 Å². The molecule has 120 valence electrons. The average Bonchev–Trinajstić information content (AvgIpc) is 2.87. The summed E-state index contributed by atoms with van der Waals surface area (Å²) in [4.78, 5) is 12.0. The van der Waals surface area contributed by atoms with E-state index in [0.29, 0.717) is 5.56 Å². The van der Waals surface area contributed by atoms with Crippen LogP contribution in [0.2, 0.25) is 0 Å². The molecular formula is C15H17BrO6. The number of carbonyl (C=O) groups is 1. The second-order valence-electron chi connectivity index (χ2n) is 5.73. The number of alkyl halides is 1. The van der Waals surface area contributed by atoms with Gasteiger partial charge in [-0.3, -0.25) is 0 Å². The molecule has 2 aliphatic heterocycles. The molecule has 1 aromatic rings. The summed E-state index contributed by atoms with van der Waals surface area (Å²) >= 11 is 3.39. The van der Waals surface area contributed by atoms with Crippen molar-refractivity contribution in [2.75, 3.05) is 6.61 Å². The first kappa shape index (κ1) is 15.9. The van der Waals surface area contributed by atoms with Gasteiger partial charge in [-0.15, -0.1) is 0 Å². The highest BCUT2D eigenvalue weighted by Gasteiger charge is 2.76. The lowest BCUT2D eigenvalue weighted by Gasteiger charge is -2.39. The molecule has 1 aromatic carbocycles. The maximum Gasteiger partial charge on any atom is 0.345 e. The molecule has 0 aromatic heterocycles. The number of carbonyl (C=O) groups excluding carboxylic acids is 1. The Kier molecular flexibility index (Phi) is 3.81. The summed E-state index contributed by atoms with van der Waals surface area (Å²) in [6.45, 7) is 1.54. The third kappa shape index (κ3) is 1.97. The van der Waals surface area contributed by atoms with Gasteiger partial charge in [-0.1, -0.05) is 53.2 Å². The molecule has 0 spiro atoms. The van der Waals surface area contributed by atoms with E-state index in [0.717, 1.165) is 0 Å². The second kappa shape index (κ2) is 5.28. The van der Waals surface area contributed by atoms with Crippen LogP contribution in [0.15, 0.2) is 30.3 Å². The van der Waals surface area contributed by atoms with Crippen molar-refractivity contribution in [3.8, 4) is 0 Å². The van der Waals surface area contributed by atoms with Crippen LogP contribution in [0.25, 0.3) is 0 Å². The van der Waals surface area contributed by atoms with E-state index in [9.17, 15) is 20.1 Å². The minimum Gasteiger partial charge on any atom is -0.451 e. The number of benzene rings is 1. The van der Waals surface area contributed by atoms with Gasteiger partial charge in [0.1, 0.15) is 6.10 Å². The predicted octanol–water partition coefficient (Wildman–Crippen LogP) is 0.290. The normalized spacial score (nSPS) is 40.1. The molecule has 2 heterocycles. The molecule has 7 heteroatoms. The van der Waals surface area contributed by atoms with Crippen LogP contribution >= 0.6 is 15.9 Å². The Morgan fingerprint density at radius 1 is 1.32 bits per heavy atom. The van der Waals surface area contributed by atoms with E-state index < -0.39 is 35.5 Å². The van der Waals surface area contributed by atoms with E-state index in [1.165, 1.54) is 0 Å². The number of fused-ring (bicyclic) bond motifs is 1. The molecule has 22 heavy (non-hydrogen) atoms. The van der Waals surface area contributed by atoms with Gasteiger partial charge in [0.05, 0.1) is 6.61 Å². The maximum atomic E-state index is 12.3. The predicted molar refractivity (Wildman–Crippen MR) is 79.3 cm³/mol. The number of rotatable bonds is 3. The molecule has 6 unspecified atom stereocenters. The number of aliphatic hydroxyl groups excluding tert-OH is 1. The average molecular weight is 373 g/mol. The lowest BCUT2D eigenvalue weighted by Crippen LogP contribution is -2.62. The van der Waals surface area contributed by atoms with Crippen LogP contribution in [0.1, 0.15) is 18.4 Å². The molecule has 0 saturated carbocycles. The number of aliphatic hydroxyl groups is 3. The fourth-order valence-corrected chi connectivity index (χ4v) is 4.02. The van der Waals surface area contributed by atoms with Crippen LogP contribution in [-0.2, 0) is 14.3 Å². The van der Waals surface area contributed by atoms with E-state index in [4.69, 9.17) is 9.47 Å². The molecule has 0 amide bonds. The van der Waals surface area contributed by atoms with Crippen LogP contribution in [0.3, 0.4) is 0 Å². The fraction of sp³-hybridized carbons (Fsp3) is 0.533. The van der Waals surface area contributed by atoms with Crippen molar-refractivity contribution in [3.63, 3.8) is 0 Å². The summed E-state index contributed by atoms with van der Waals surface area (Å²) in [6.07, 6.45) is -2.48. The van der Waals surface area contributed by atoms with Gasteiger partial charge in [0.25, 0.3) is 0 Å². The summed E-state index contributed by atoms with van der Waals surface area (Å²) < 4.78 is 10.2. The molecule has 2 saturated heterocycles. The first-order valence-electron chi connectivity index (χ1n) is 6.99. The third-order valence-electron chi connectivity index (χ3n) is 4.37. The number of hydrogen-bond donors (Lipinski definition) is 3. The zero-order valence-corrected chi connectivity index (χ0v) is 13.4. The molecule has 3 rings (SSSR count). The van der Waals surface area contributed by atoms with Crippen LogP contribution in [0.4, 0.5) is 0 Å². The fourth-order valence-electron chi connectivity index (χ4n) is 3.33. The van der Waals surface area contributed by atoms with E-state index in [1.54, 1.807) is 31.2 Å². The monoisotopic (exact) mass is 372 g/mol. The quantitative estimate of drug-likeness (QED) is 0.521. The largest absolute Gasteiger partial charge is 0.451 e. The number of halogens is 1. The van der Waals surface area contributed by atoms with Gasteiger partial charge in [0, 0.05) is 10.7 Å². The van der Waals surface area contributed by atoms with E-state index >= 15 is 0 Å². The van der Waals surface area contributed by atoms with Gasteiger partial charge < -0.3 is 24.8 Å². The highest BCUT2D eigenvalue weighted by atomic mass is 79.9. The van der Waals surface area contributed by atoms with Gasteiger partial charge in [0.15, 0.2) is 6.10 Å². The molecule has 3 N–H and O–H groups in total. The molecule has 0 radical (unpaired) electrons. The Morgan fingerprint density at radius 3 is 2.55 bits per heavy atom. The van der Waals surface area contributed by atoms with Crippen LogP contribution in [-0.4, -0.2) is 56.3 Å². The second-order valence-corrected chi connectivity index (χ2v) is 7.18. The maximum absolute atomic E-state index is 12.3. The minimum absolute atomic E-state index is 0.213. The molecule has 6 nitrogen and oxygen atoms in total. The summed E-state index contributed by atoms with van der Waals surface area (Å²) in [7, 11) is 0. The van der Waals surface area contributed by atoms with Crippen molar-refractivity contribution in [2.45, 2.75) is 41.3 Å². The van der Waals surface area contributed by atoms with Gasteiger partial charge in [-0.2, -0.15) is 0 Å². The Bertz CT molecular complexity index is 579. The van der Waals surface area contributed by atoms with E-state index in [-0.39, 0.29) is 11.4 Å². The lowest BCUT2D eigenvalue weighted by atomic mass is 9.74. The van der Waals surface area contributed by atoms with E-state index in [2.05, 4.69) is 15.9 Å². The van der Waals surface area contributed by atoms with Gasteiger partial charge in [-0.25, -0.2) is 4.79 Å². The Labute approximate surface area is 135 Å². The minimum atomic E-state index is -2.32. The van der Waals surface area contributed by atoms with Crippen molar-refractivity contribution < 1.29 is 29.6 Å². The highest BCUT2D eigenvalue weighted by Crippen LogP contribution is 2.51. The zero-order valence-electron chi connectivity index (χ0n) is 11.8. The summed E-state index contributed by atoms with van der Waals surface area (Å²) in [5.41, 5.74) is -1.68. The van der Waals surface area contributed by atoms with Crippen molar-refractivity contribution in [1.82, 2.24) is 0 Å². The smallest absolute Gasteiger partial charge is 0.345 e. The highest BCUT2D eigenvalue weighted by molar-refractivity contribution is 9.09. The van der Waals surface area contributed by atoms with Crippen LogP contribution in [0.5, 0.6) is 0 Å². The standard InChI is InChI=1S/C15H17BrO6/c1-8(16)11(9-5-3-2-4-6-9)14(19)13(18)22-12-10(17)7-21-15(12,14)20/h2-6,8,10-12,17,19-20H,7H2,1H3. The van der Waals surface area contributed by atoms with Gasteiger partial charge in [-0.05, 0) is 5.56 Å². The molecule has 2 aliphatic rings. The SMILES string of the molecule is CC(Br)C(c1ccccc1)C1(O)C(=O)OC2C(O)COC21O. The molecule has 0 bridgehead atoms. The number of ether oxygens (including phenoxy) is 2. The van der Waals surface area contributed by atoms with E-state index in [1.807, 2.05) is 6.07 Å². The van der Waals surface area contributed by atoms with Gasteiger partial charge in [0.2, 0.25) is 11.4 Å². The van der Waals surface area contributed by atoms with Crippen molar-refractivity contribution >= 4 is 21.9 Å². The molecule has 6 atom stereocenters. The zero-order chi connectivity index (χ0) is 16.1. The van der Waals surface area contributed by atoms with Crippen molar-refractivity contribution in [1.29, 1.82) is 0 Å². The third-order valence-corrected chi connectivity index (χ3v) is 4.90. The Morgan fingerprint density at radius 2 is 1.95 bits per heavy atom. The first-order chi connectivity index (χ1) is 10.3. The van der Waals surface area contributed by atoms with Crippen LogP contribution < -0.4 is 0 Å². The van der Waals surface area contributed by atoms with Crippen molar-refractivity contribution in [3.05, 3.63) is 35.9 Å². The number of esters is 1. The summed E-state index contributed by atoms with van der Waals surface area (Å²) in [5.74, 6) is -4.10. The Balaban J connectivity index is 2.12. The lowest BCUT2D eigenvalue weighted by molar-refractivity contribution is -0.268.